The van der Waals surface area contributed by atoms with Crippen LogP contribution < -0.4 is 15.4 Å². The maximum Gasteiger partial charge on any atom is 0.220 e. The quantitative estimate of drug-likeness (QED) is 0.461. The normalized spacial score (nSPS) is 11.4. The lowest BCUT2D eigenvalue weighted by Gasteiger charge is -2.06. The molecule has 0 heterocycles. The van der Waals surface area contributed by atoms with Crippen molar-refractivity contribution in [1.29, 1.82) is 0 Å². The zero-order chi connectivity index (χ0) is 12.4. The summed E-state index contributed by atoms with van der Waals surface area (Å²) in [7, 11) is -1.32. The third-order valence-corrected chi connectivity index (χ3v) is 3.38. The van der Waals surface area contributed by atoms with Crippen LogP contribution in [0.3, 0.4) is 0 Å². The molecule has 0 rings (SSSR count). The van der Waals surface area contributed by atoms with E-state index in [0.717, 1.165) is 13.0 Å². The second-order valence-electron chi connectivity index (χ2n) is 3.35. The first-order valence-electron chi connectivity index (χ1n) is 5.40. The van der Waals surface area contributed by atoms with E-state index in [1.807, 2.05) is 7.05 Å². The van der Waals surface area contributed by atoms with E-state index in [0.29, 0.717) is 13.0 Å². The molecule has 0 spiro atoms. The van der Waals surface area contributed by atoms with Crippen molar-refractivity contribution >= 4 is 15.9 Å². The average Bonchev–Trinajstić information content (AvgIpc) is 2.25. The highest BCUT2D eigenvalue weighted by Crippen LogP contribution is 1.86. The van der Waals surface area contributed by atoms with E-state index in [1.165, 1.54) is 0 Å². The maximum absolute atomic E-state index is 11.2. The monoisotopic (exact) mass is 251 g/mol. The number of carbonyl (C=O) groups is 1. The van der Waals surface area contributed by atoms with E-state index < -0.39 is 10.0 Å². The highest BCUT2D eigenvalue weighted by Gasteiger charge is 2.05. The number of carbonyl (C=O) groups excluding carboxylic acids is 1. The van der Waals surface area contributed by atoms with Gasteiger partial charge < -0.3 is 10.6 Å². The minimum Gasteiger partial charge on any atom is -0.355 e. The number of nitrogens with one attached hydrogen (secondary N) is 3. The van der Waals surface area contributed by atoms with Gasteiger partial charge in [-0.15, -0.1) is 0 Å². The average molecular weight is 251 g/mol. The van der Waals surface area contributed by atoms with Crippen molar-refractivity contribution in [2.24, 2.45) is 0 Å². The van der Waals surface area contributed by atoms with E-state index >= 15 is 0 Å². The van der Waals surface area contributed by atoms with Gasteiger partial charge in [0.25, 0.3) is 0 Å². The van der Waals surface area contributed by atoms with Crippen LogP contribution in [-0.2, 0) is 14.8 Å². The third kappa shape index (κ3) is 8.63. The van der Waals surface area contributed by atoms with Crippen LogP contribution in [0, 0.1) is 0 Å². The highest BCUT2D eigenvalue weighted by molar-refractivity contribution is 7.89. The van der Waals surface area contributed by atoms with Crippen LogP contribution in [0.2, 0.25) is 0 Å². The molecule has 0 aliphatic rings. The Morgan fingerprint density at radius 1 is 1.19 bits per heavy atom. The standard InChI is InChI=1S/C9H21N3O3S/c1-3-16(14,15)12-8-7-11-9(13)5-4-6-10-2/h10,12H,3-8H2,1-2H3,(H,11,13). The van der Waals surface area contributed by atoms with Gasteiger partial charge >= 0.3 is 0 Å². The van der Waals surface area contributed by atoms with Crippen molar-refractivity contribution in [3.63, 3.8) is 0 Å². The van der Waals surface area contributed by atoms with E-state index in [9.17, 15) is 13.2 Å². The van der Waals surface area contributed by atoms with E-state index in [-0.39, 0.29) is 18.2 Å². The molecule has 0 aromatic carbocycles. The third-order valence-electron chi connectivity index (χ3n) is 1.98. The van der Waals surface area contributed by atoms with Crippen LogP contribution >= 0.6 is 0 Å². The number of sulfonamides is 1. The molecule has 0 aromatic rings. The van der Waals surface area contributed by atoms with Gasteiger partial charge in [0.05, 0.1) is 5.75 Å². The fraction of sp³-hybridized carbons (Fsp3) is 0.889. The molecule has 16 heavy (non-hydrogen) atoms. The SMILES string of the molecule is CCS(=O)(=O)NCCNC(=O)CCCNC. The van der Waals surface area contributed by atoms with Crippen molar-refractivity contribution in [2.45, 2.75) is 19.8 Å². The summed E-state index contributed by atoms with van der Waals surface area (Å²) in [5, 5.41) is 5.59. The lowest BCUT2D eigenvalue weighted by atomic mass is 10.3. The zero-order valence-corrected chi connectivity index (χ0v) is 10.7. The van der Waals surface area contributed by atoms with Crippen molar-refractivity contribution in [2.75, 3.05) is 32.4 Å². The molecule has 6 nitrogen and oxygen atoms in total. The number of rotatable bonds is 9. The summed E-state index contributed by atoms with van der Waals surface area (Å²) >= 11 is 0. The Hall–Kier alpha value is -0.660. The molecule has 0 aliphatic carbocycles. The first-order chi connectivity index (χ1) is 7.52. The molecule has 0 aliphatic heterocycles. The predicted molar refractivity (Wildman–Crippen MR) is 63.6 cm³/mol. The molecule has 7 heteroatoms. The first kappa shape index (κ1) is 15.3. The lowest BCUT2D eigenvalue weighted by molar-refractivity contribution is -0.121. The number of amides is 1. The fourth-order valence-corrected chi connectivity index (χ4v) is 1.64. The highest BCUT2D eigenvalue weighted by atomic mass is 32.2. The van der Waals surface area contributed by atoms with Crippen molar-refractivity contribution in [3.05, 3.63) is 0 Å². The van der Waals surface area contributed by atoms with E-state index in [2.05, 4.69) is 15.4 Å². The molecule has 0 saturated carbocycles. The molecule has 0 atom stereocenters. The van der Waals surface area contributed by atoms with Gasteiger partial charge in [-0.3, -0.25) is 4.79 Å². The second kappa shape index (κ2) is 8.49. The van der Waals surface area contributed by atoms with Gasteiger partial charge in [-0.1, -0.05) is 0 Å². The molecule has 0 radical (unpaired) electrons. The Balaban J connectivity index is 3.48. The Kier molecular flexibility index (Phi) is 8.14. The van der Waals surface area contributed by atoms with Gasteiger partial charge in [-0.2, -0.15) is 0 Å². The molecule has 0 unspecified atom stereocenters. The molecular weight excluding hydrogens is 230 g/mol. The summed E-state index contributed by atoms with van der Waals surface area (Å²) < 4.78 is 24.4. The van der Waals surface area contributed by atoms with Gasteiger partial charge in [0.15, 0.2) is 0 Å². The van der Waals surface area contributed by atoms with Crippen LogP contribution in [0.25, 0.3) is 0 Å². The molecule has 0 saturated heterocycles. The summed E-state index contributed by atoms with van der Waals surface area (Å²) in [5.41, 5.74) is 0. The molecule has 0 fully saturated rings. The minimum atomic E-state index is -3.15. The molecule has 0 aromatic heterocycles. The Morgan fingerprint density at radius 3 is 2.44 bits per heavy atom. The summed E-state index contributed by atoms with van der Waals surface area (Å²) in [4.78, 5) is 11.2. The van der Waals surface area contributed by atoms with Gasteiger partial charge in [0.2, 0.25) is 15.9 Å². The van der Waals surface area contributed by atoms with Crippen LogP contribution in [0.4, 0.5) is 0 Å². The smallest absolute Gasteiger partial charge is 0.220 e. The van der Waals surface area contributed by atoms with Crippen LogP contribution in [0.1, 0.15) is 19.8 Å². The van der Waals surface area contributed by atoms with Gasteiger partial charge in [0, 0.05) is 19.5 Å². The number of hydrogen-bond donors (Lipinski definition) is 3. The van der Waals surface area contributed by atoms with Gasteiger partial charge in [-0.25, -0.2) is 13.1 Å². The Bertz CT molecular complexity index is 290. The Labute approximate surface area is 97.2 Å². The van der Waals surface area contributed by atoms with Gasteiger partial charge in [-0.05, 0) is 26.9 Å². The van der Waals surface area contributed by atoms with E-state index in [4.69, 9.17) is 0 Å². The van der Waals surface area contributed by atoms with E-state index in [1.54, 1.807) is 6.92 Å². The predicted octanol–water partition coefficient (Wildman–Crippen LogP) is -0.958. The van der Waals surface area contributed by atoms with Crippen LogP contribution in [-0.4, -0.2) is 46.8 Å². The molecule has 1 amide bonds. The summed E-state index contributed by atoms with van der Waals surface area (Å²) in [6.07, 6.45) is 1.24. The minimum absolute atomic E-state index is 0.0500. The second-order valence-corrected chi connectivity index (χ2v) is 5.45. The number of hydrogen-bond acceptors (Lipinski definition) is 4. The largest absolute Gasteiger partial charge is 0.355 e. The van der Waals surface area contributed by atoms with Crippen molar-refractivity contribution in [1.82, 2.24) is 15.4 Å². The Morgan fingerprint density at radius 2 is 1.88 bits per heavy atom. The summed E-state index contributed by atoms with van der Waals surface area (Å²) in [6.45, 7) is 2.94. The maximum atomic E-state index is 11.2. The van der Waals surface area contributed by atoms with Crippen molar-refractivity contribution < 1.29 is 13.2 Å². The van der Waals surface area contributed by atoms with Gasteiger partial charge in [0.1, 0.15) is 0 Å². The van der Waals surface area contributed by atoms with Crippen LogP contribution in [0.15, 0.2) is 0 Å². The fourth-order valence-electron chi connectivity index (χ4n) is 1.02. The summed E-state index contributed by atoms with van der Waals surface area (Å²) in [6, 6.07) is 0. The first-order valence-corrected chi connectivity index (χ1v) is 7.05. The van der Waals surface area contributed by atoms with Crippen molar-refractivity contribution in [3.8, 4) is 0 Å². The topological polar surface area (TPSA) is 87.3 Å². The zero-order valence-electron chi connectivity index (χ0n) is 9.88. The lowest BCUT2D eigenvalue weighted by Crippen LogP contribution is -2.35. The molecular formula is C9H21N3O3S. The molecule has 0 bridgehead atoms. The molecule has 3 N–H and O–H groups in total. The molecule has 96 valence electrons. The van der Waals surface area contributed by atoms with Crippen LogP contribution in [0.5, 0.6) is 0 Å². The summed E-state index contributed by atoms with van der Waals surface area (Å²) in [5.74, 6) is 0.00860.